The minimum absolute atomic E-state index is 0.00671. The van der Waals surface area contributed by atoms with E-state index in [1.807, 2.05) is 0 Å². The zero-order valence-corrected chi connectivity index (χ0v) is 9.99. The van der Waals surface area contributed by atoms with E-state index in [0.717, 1.165) is 0 Å². The van der Waals surface area contributed by atoms with Crippen molar-refractivity contribution in [3.05, 3.63) is 18.2 Å². The predicted octanol–water partition coefficient (Wildman–Crippen LogP) is 0.432. The number of ether oxygens (including phenoxy) is 1. The average molecular weight is 245 g/mol. The Hall–Kier alpha value is -1.27. The van der Waals surface area contributed by atoms with Gasteiger partial charge in [0, 0.05) is 6.07 Å². The number of anilines is 1. The first-order valence-corrected chi connectivity index (χ1v) is 6.36. The first kappa shape index (κ1) is 12.8. The van der Waals surface area contributed by atoms with Crippen LogP contribution < -0.4 is 10.5 Å². The van der Waals surface area contributed by atoms with Crippen molar-refractivity contribution in [1.29, 1.82) is 0 Å². The second-order valence-corrected chi connectivity index (χ2v) is 5.54. The van der Waals surface area contributed by atoms with Gasteiger partial charge < -0.3 is 15.6 Å². The number of aliphatic hydroxyl groups is 1. The van der Waals surface area contributed by atoms with Crippen molar-refractivity contribution >= 4 is 15.5 Å². The van der Waals surface area contributed by atoms with Crippen LogP contribution in [0.1, 0.15) is 6.92 Å². The van der Waals surface area contributed by atoms with Crippen molar-refractivity contribution in [2.45, 2.75) is 17.9 Å². The third-order valence-corrected chi connectivity index (χ3v) is 3.96. The normalized spacial score (nSPS) is 13.4. The molecule has 1 atom stereocenters. The number of nitrogen functional groups attached to an aromatic ring is 1. The highest BCUT2D eigenvalue weighted by Crippen LogP contribution is 2.25. The van der Waals surface area contributed by atoms with Crippen LogP contribution in [0, 0.1) is 0 Å². The van der Waals surface area contributed by atoms with E-state index in [-0.39, 0.29) is 16.3 Å². The lowest BCUT2D eigenvalue weighted by atomic mass is 10.3. The standard InChI is InChI=1S/C10H15NO4S/c1-7(12)6-16(13,14)10-5-8(15-2)3-4-9(10)11/h3-5,7,12H,6,11H2,1-2H3. The molecule has 0 heterocycles. The van der Waals surface area contributed by atoms with Crippen LogP contribution in [0.25, 0.3) is 0 Å². The molecule has 1 rings (SSSR count). The van der Waals surface area contributed by atoms with E-state index in [1.165, 1.54) is 26.2 Å². The molecule has 0 aliphatic heterocycles. The number of benzene rings is 1. The Morgan fingerprint density at radius 2 is 2.12 bits per heavy atom. The van der Waals surface area contributed by atoms with Gasteiger partial charge in [-0.3, -0.25) is 0 Å². The summed E-state index contributed by atoms with van der Waals surface area (Å²) in [7, 11) is -2.14. The maximum Gasteiger partial charge on any atom is 0.183 e. The summed E-state index contributed by atoms with van der Waals surface area (Å²) in [5.41, 5.74) is 5.74. The fourth-order valence-electron chi connectivity index (χ4n) is 1.32. The van der Waals surface area contributed by atoms with Gasteiger partial charge in [-0.2, -0.15) is 0 Å². The van der Waals surface area contributed by atoms with Crippen molar-refractivity contribution in [3.63, 3.8) is 0 Å². The van der Waals surface area contributed by atoms with Gasteiger partial charge in [0.05, 0.1) is 29.5 Å². The van der Waals surface area contributed by atoms with E-state index in [9.17, 15) is 8.42 Å². The van der Waals surface area contributed by atoms with Gasteiger partial charge in [-0.25, -0.2) is 8.42 Å². The van der Waals surface area contributed by atoms with Gasteiger partial charge in [0.2, 0.25) is 0 Å². The van der Waals surface area contributed by atoms with Crippen LogP contribution in [-0.2, 0) is 9.84 Å². The number of aliphatic hydroxyl groups excluding tert-OH is 1. The number of nitrogens with two attached hydrogens (primary N) is 1. The van der Waals surface area contributed by atoms with E-state index in [0.29, 0.717) is 5.75 Å². The summed E-state index contributed by atoms with van der Waals surface area (Å²) >= 11 is 0. The zero-order chi connectivity index (χ0) is 12.3. The molecule has 3 N–H and O–H groups in total. The predicted molar refractivity (Wildman–Crippen MR) is 61.1 cm³/mol. The minimum atomic E-state index is -3.58. The largest absolute Gasteiger partial charge is 0.497 e. The molecule has 16 heavy (non-hydrogen) atoms. The van der Waals surface area contributed by atoms with Crippen molar-refractivity contribution in [1.82, 2.24) is 0 Å². The average Bonchev–Trinajstić information content (AvgIpc) is 2.16. The smallest absolute Gasteiger partial charge is 0.183 e. The highest BCUT2D eigenvalue weighted by molar-refractivity contribution is 7.91. The molecule has 0 saturated carbocycles. The van der Waals surface area contributed by atoms with Gasteiger partial charge in [-0.05, 0) is 19.1 Å². The SMILES string of the molecule is COc1ccc(N)c(S(=O)(=O)CC(C)O)c1. The van der Waals surface area contributed by atoms with Crippen LogP contribution in [0.15, 0.2) is 23.1 Å². The number of hydrogen-bond donors (Lipinski definition) is 2. The lowest BCUT2D eigenvalue weighted by molar-refractivity contribution is 0.218. The highest BCUT2D eigenvalue weighted by Gasteiger charge is 2.20. The van der Waals surface area contributed by atoms with E-state index in [1.54, 1.807) is 6.07 Å². The summed E-state index contributed by atoms with van der Waals surface area (Å²) in [4.78, 5) is -0.00671. The van der Waals surface area contributed by atoms with E-state index < -0.39 is 15.9 Å². The van der Waals surface area contributed by atoms with Crippen molar-refractivity contribution in [2.75, 3.05) is 18.6 Å². The van der Waals surface area contributed by atoms with Gasteiger partial charge >= 0.3 is 0 Å². The molecule has 0 saturated heterocycles. The molecule has 0 amide bonds. The Balaban J connectivity index is 3.21. The van der Waals surface area contributed by atoms with Gasteiger partial charge in [-0.1, -0.05) is 0 Å². The van der Waals surface area contributed by atoms with Gasteiger partial charge in [-0.15, -0.1) is 0 Å². The third kappa shape index (κ3) is 2.86. The van der Waals surface area contributed by atoms with E-state index in [2.05, 4.69) is 0 Å². The molecule has 0 fully saturated rings. The van der Waals surface area contributed by atoms with Crippen LogP contribution in [0.3, 0.4) is 0 Å². The Labute approximate surface area is 94.8 Å². The molecule has 0 spiro atoms. The molecule has 0 aliphatic rings. The minimum Gasteiger partial charge on any atom is -0.497 e. The molecule has 5 nitrogen and oxygen atoms in total. The van der Waals surface area contributed by atoms with Gasteiger partial charge in [0.15, 0.2) is 9.84 Å². The fraction of sp³-hybridized carbons (Fsp3) is 0.400. The Morgan fingerprint density at radius 3 is 2.62 bits per heavy atom. The van der Waals surface area contributed by atoms with Crippen molar-refractivity contribution < 1.29 is 18.3 Å². The summed E-state index contributed by atoms with van der Waals surface area (Å²) in [5.74, 6) is 0.0584. The second kappa shape index (κ2) is 4.71. The molecular weight excluding hydrogens is 230 g/mol. The van der Waals surface area contributed by atoms with E-state index in [4.69, 9.17) is 15.6 Å². The monoisotopic (exact) mass is 245 g/mol. The molecule has 0 bridgehead atoms. The zero-order valence-electron chi connectivity index (χ0n) is 9.17. The lowest BCUT2D eigenvalue weighted by Gasteiger charge is -2.10. The Bertz CT molecular complexity index is 468. The van der Waals surface area contributed by atoms with Gasteiger partial charge in [0.1, 0.15) is 5.75 Å². The quantitative estimate of drug-likeness (QED) is 0.751. The number of methoxy groups -OCH3 is 1. The lowest BCUT2D eigenvalue weighted by Crippen LogP contribution is -2.18. The Morgan fingerprint density at radius 1 is 1.50 bits per heavy atom. The van der Waals surface area contributed by atoms with E-state index >= 15 is 0 Å². The van der Waals surface area contributed by atoms with Crippen LogP contribution in [0.5, 0.6) is 5.75 Å². The fourth-order valence-corrected chi connectivity index (χ4v) is 2.86. The molecule has 0 radical (unpaired) electrons. The summed E-state index contributed by atoms with van der Waals surface area (Å²) in [5, 5.41) is 9.12. The summed E-state index contributed by atoms with van der Waals surface area (Å²) in [6, 6.07) is 4.40. The summed E-state index contributed by atoms with van der Waals surface area (Å²) in [6.45, 7) is 1.41. The first-order chi connectivity index (χ1) is 7.36. The molecule has 0 aliphatic carbocycles. The third-order valence-electron chi connectivity index (χ3n) is 2.02. The van der Waals surface area contributed by atoms with Crippen LogP contribution in [0.2, 0.25) is 0 Å². The summed E-state index contributed by atoms with van der Waals surface area (Å²) < 4.78 is 28.6. The molecule has 1 unspecified atom stereocenters. The molecule has 1 aromatic rings. The van der Waals surface area contributed by atoms with Crippen molar-refractivity contribution in [3.8, 4) is 5.75 Å². The maximum absolute atomic E-state index is 11.8. The van der Waals surface area contributed by atoms with Crippen LogP contribution in [0.4, 0.5) is 5.69 Å². The first-order valence-electron chi connectivity index (χ1n) is 4.71. The van der Waals surface area contributed by atoms with Crippen LogP contribution >= 0.6 is 0 Å². The molecule has 0 aromatic heterocycles. The summed E-state index contributed by atoms with van der Waals surface area (Å²) in [6.07, 6.45) is -0.935. The number of sulfone groups is 1. The Kier molecular flexibility index (Phi) is 3.77. The topological polar surface area (TPSA) is 89.6 Å². The molecule has 90 valence electrons. The maximum atomic E-state index is 11.8. The van der Waals surface area contributed by atoms with Crippen LogP contribution in [-0.4, -0.2) is 32.5 Å². The highest BCUT2D eigenvalue weighted by atomic mass is 32.2. The van der Waals surface area contributed by atoms with Gasteiger partial charge in [0.25, 0.3) is 0 Å². The number of rotatable bonds is 4. The molecular formula is C10H15NO4S. The second-order valence-electron chi connectivity index (χ2n) is 3.53. The molecule has 6 heteroatoms. The number of hydrogen-bond acceptors (Lipinski definition) is 5. The molecule has 1 aromatic carbocycles. The van der Waals surface area contributed by atoms with Crippen molar-refractivity contribution in [2.24, 2.45) is 0 Å².